The Hall–Kier alpha value is -2.49. The van der Waals surface area contributed by atoms with Crippen molar-refractivity contribution in [3.8, 4) is 0 Å². The Kier molecular flexibility index (Phi) is 3.26. The Morgan fingerprint density at radius 3 is 2.59 bits per heavy atom. The van der Waals surface area contributed by atoms with Crippen molar-refractivity contribution in [3.63, 3.8) is 0 Å². The van der Waals surface area contributed by atoms with E-state index in [1.807, 2.05) is 18.5 Å². The molecule has 3 nitrogen and oxygen atoms in total. The van der Waals surface area contributed by atoms with E-state index in [0.29, 0.717) is 5.92 Å². The molecule has 5 rings (SSSR count). The molecule has 0 saturated heterocycles. The predicted octanol–water partition coefficient (Wildman–Crippen LogP) is 5.26. The van der Waals surface area contributed by atoms with E-state index in [9.17, 15) is 4.39 Å². The maximum atomic E-state index is 14.9. The van der Waals surface area contributed by atoms with E-state index in [-0.39, 0.29) is 5.82 Å². The van der Waals surface area contributed by atoms with Crippen LogP contribution in [-0.2, 0) is 5.41 Å². The van der Waals surface area contributed by atoms with Crippen LogP contribution in [0.2, 0.25) is 0 Å². The van der Waals surface area contributed by atoms with E-state index in [0.717, 1.165) is 28.2 Å². The molecule has 2 aliphatic rings. The summed E-state index contributed by atoms with van der Waals surface area (Å²) in [6, 6.07) is 9.57. The van der Waals surface area contributed by atoms with E-state index in [4.69, 9.17) is 9.98 Å². The van der Waals surface area contributed by atoms with Crippen molar-refractivity contribution >= 4 is 11.4 Å². The second kappa shape index (κ2) is 5.28. The Balaban J connectivity index is 1.79. The van der Waals surface area contributed by atoms with Gasteiger partial charge in [-0.25, -0.2) is 9.37 Å². The van der Waals surface area contributed by atoms with E-state index in [1.165, 1.54) is 18.4 Å². The van der Waals surface area contributed by atoms with Gasteiger partial charge in [0.1, 0.15) is 11.5 Å². The molecule has 0 bridgehead atoms. The van der Waals surface area contributed by atoms with Crippen LogP contribution in [0.4, 0.5) is 4.39 Å². The van der Waals surface area contributed by atoms with Gasteiger partial charge in [0.15, 0.2) is 0 Å². The molecule has 0 atom stereocenters. The molecule has 138 valence electrons. The minimum absolute atomic E-state index is 0.162. The normalized spacial score (nSPS) is 20.4. The number of pyridine rings is 1. The van der Waals surface area contributed by atoms with Crippen LogP contribution in [0, 0.1) is 5.82 Å². The molecule has 3 aromatic rings. The first kappa shape index (κ1) is 16.7. The first-order valence-corrected chi connectivity index (χ1v) is 9.67. The number of aromatic nitrogens is 2. The van der Waals surface area contributed by atoms with Gasteiger partial charge in [-0.05, 0) is 50.3 Å². The van der Waals surface area contributed by atoms with Crippen LogP contribution in [-0.4, -0.2) is 20.6 Å². The molecule has 3 heterocycles. The first-order valence-electron chi connectivity index (χ1n) is 9.67. The van der Waals surface area contributed by atoms with Gasteiger partial charge in [0.2, 0.25) is 0 Å². The standard InChI is InChI=1S/C23H24FN3/c1-22(2)19-16(7-5-9-17(19)24)20(26-23(22,3)4)18-13-25-21-15(14-10-11-14)8-6-12-27(18)21/h5-9,12-14H,10-11H2,1-4H3. The van der Waals surface area contributed by atoms with Crippen LogP contribution < -0.4 is 0 Å². The quantitative estimate of drug-likeness (QED) is 0.612. The van der Waals surface area contributed by atoms with Gasteiger partial charge >= 0.3 is 0 Å². The highest BCUT2D eigenvalue weighted by atomic mass is 19.1. The molecule has 1 aliphatic heterocycles. The van der Waals surface area contributed by atoms with Crippen molar-refractivity contribution in [2.45, 2.75) is 57.4 Å². The van der Waals surface area contributed by atoms with Crippen LogP contribution in [0.3, 0.4) is 0 Å². The predicted molar refractivity (Wildman–Crippen MR) is 106 cm³/mol. The number of halogens is 1. The molecular formula is C23H24FN3. The average Bonchev–Trinajstić information content (AvgIpc) is 3.37. The summed E-state index contributed by atoms with van der Waals surface area (Å²) in [4.78, 5) is 9.84. The Bertz CT molecular complexity index is 1100. The number of aliphatic imine (C=N–C) groups is 1. The number of hydrogen-bond donors (Lipinski definition) is 0. The van der Waals surface area contributed by atoms with Crippen LogP contribution in [0.25, 0.3) is 5.65 Å². The Morgan fingerprint density at radius 1 is 1.07 bits per heavy atom. The van der Waals surface area contributed by atoms with Crippen molar-refractivity contribution in [3.05, 3.63) is 70.9 Å². The van der Waals surface area contributed by atoms with Crippen LogP contribution in [0.5, 0.6) is 0 Å². The van der Waals surface area contributed by atoms with Crippen molar-refractivity contribution in [2.75, 3.05) is 0 Å². The summed E-state index contributed by atoms with van der Waals surface area (Å²) in [5.74, 6) is 0.461. The lowest BCUT2D eigenvalue weighted by Crippen LogP contribution is -2.47. The molecule has 1 aromatic carbocycles. The van der Waals surface area contributed by atoms with Crippen molar-refractivity contribution in [1.29, 1.82) is 0 Å². The SMILES string of the molecule is CC1(C)N=C(c2cnc3c(C4CC4)cccn23)c2cccc(F)c2C1(C)C. The van der Waals surface area contributed by atoms with Crippen molar-refractivity contribution in [2.24, 2.45) is 4.99 Å². The van der Waals surface area contributed by atoms with Crippen LogP contribution >= 0.6 is 0 Å². The largest absolute Gasteiger partial charge is 0.298 e. The van der Waals surface area contributed by atoms with Gasteiger partial charge in [0.25, 0.3) is 0 Å². The third-order valence-corrected chi connectivity index (χ3v) is 6.64. The van der Waals surface area contributed by atoms with E-state index >= 15 is 0 Å². The van der Waals surface area contributed by atoms with Gasteiger partial charge in [-0.2, -0.15) is 0 Å². The van der Waals surface area contributed by atoms with Crippen molar-refractivity contribution < 1.29 is 4.39 Å². The molecule has 1 aliphatic carbocycles. The average molecular weight is 361 g/mol. The van der Waals surface area contributed by atoms with Gasteiger partial charge in [0, 0.05) is 22.7 Å². The minimum atomic E-state index is -0.435. The summed E-state index contributed by atoms with van der Waals surface area (Å²) in [5.41, 5.74) is 4.84. The molecule has 1 fully saturated rings. The lowest BCUT2D eigenvalue weighted by Gasteiger charge is -2.44. The number of nitrogens with zero attached hydrogens (tertiary/aromatic N) is 3. The fraction of sp³-hybridized carbons (Fsp3) is 0.391. The van der Waals surface area contributed by atoms with Gasteiger partial charge < -0.3 is 0 Å². The number of rotatable bonds is 2. The Morgan fingerprint density at radius 2 is 1.85 bits per heavy atom. The highest BCUT2D eigenvalue weighted by Gasteiger charge is 2.46. The molecule has 27 heavy (non-hydrogen) atoms. The number of fused-ring (bicyclic) bond motifs is 2. The summed E-state index contributed by atoms with van der Waals surface area (Å²) in [6.45, 7) is 8.33. The highest BCUT2D eigenvalue weighted by molar-refractivity contribution is 6.14. The molecule has 4 heteroatoms. The van der Waals surface area contributed by atoms with Crippen LogP contribution in [0.15, 0.2) is 47.7 Å². The highest BCUT2D eigenvalue weighted by Crippen LogP contribution is 2.45. The zero-order chi connectivity index (χ0) is 19.0. The molecule has 0 unspecified atom stereocenters. The molecule has 1 saturated carbocycles. The summed E-state index contributed by atoms with van der Waals surface area (Å²) >= 11 is 0. The minimum Gasteiger partial charge on any atom is -0.298 e. The maximum Gasteiger partial charge on any atom is 0.140 e. The third-order valence-electron chi connectivity index (χ3n) is 6.64. The second-order valence-corrected chi connectivity index (χ2v) is 8.88. The summed E-state index contributed by atoms with van der Waals surface area (Å²) in [7, 11) is 0. The lowest BCUT2D eigenvalue weighted by molar-refractivity contribution is 0.293. The lowest BCUT2D eigenvalue weighted by atomic mass is 9.65. The fourth-order valence-corrected chi connectivity index (χ4v) is 4.26. The van der Waals surface area contributed by atoms with E-state index in [1.54, 1.807) is 12.1 Å². The number of hydrogen-bond acceptors (Lipinski definition) is 2. The maximum absolute atomic E-state index is 14.9. The van der Waals surface area contributed by atoms with E-state index in [2.05, 4.69) is 44.2 Å². The monoisotopic (exact) mass is 361 g/mol. The summed E-state index contributed by atoms with van der Waals surface area (Å²) < 4.78 is 17.1. The zero-order valence-electron chi connectivity index (χ0n) is 16.3. The molecule has 0 radical (unpaired) electrons. The molecule has 0 N–H and O–H groups in total. The smallest absolute Gasteiger partial charge is 0.140 e. The fourth-order valence-electron chi connectivity index (χ4n) is 4.26. The van der Waals surface area contributed by atoms with Crippen LogP contribution in [0.1, 0.15) is 68.8 Å². The topological polar surface area (TPSA) is 29.7 Å². The second-order valence-electron chi connectivity index (χ2n) is 8.88. The number of imidazole rings is 1. The van der Waals surface area contributed by atoms with Gasteiger partial charge in [0.05, 0.1) is 23.1 Å². The first-order chi connectivity index (χ1) is 12.8. The van der Waals surface area contributed by atoms with Gasteiger partial charge in [-0.3, -0.25) is 9.39 Å². The molecular weight excluding hydrogens is 337 g/mol. The molecule has 0 amide bonds. The Labute approximate surface area is 159 Å². The third kappa shape index (κ3) is 2.25. The van der Waals surface area contributed by atoms with Gasteiger partial charge in [-0.15, -0.1) is 0 Å². The van der Waals surface area contributed by atoms with E-state index < -0.39 is 11.0 Å². The zero-order valence-corrected chi connectivity index (χ0v) is 16.3. The molecule has 0 spiro atoms. The molecule has 2 aromatic heterocycles. The van der Waals surface area contributed by atoms with Crippen molar-refractivity contribution in [1.82, 2.24) is 9.38 Å². The summed E-state index contributed by atoms with van der Waals surface area (Å²) in [5, 5.41) is 0. The number of benzene rings is 1. The van der Waals surface area contributed by atoms with Gasteiger partial charge in [-0.1, -0.05) is 32.0 Å². The summed E-state index contributed by atoms with van der Waals surface area (Å²) in [6.07, 6.45) is 6.40.